The van der Waals surface area contributed by atoms with Crippen LogP contribution in [0, 0.1) is 5.92 Å². The van der Waals surface area contributed by atoms with Crippen molar-refractivity contribution in [3.63, 3.8) is 0 Å². The van der Waals surface area contributed by atoms with Gasteiger partial charge in [0, 0.05) is 18.2 Å². The normalized spacial score (nSPS) is 20.1. The van der Waals surface area contributed by atoms with E-state index in [-0.39, 0.29) is 0 Å². The molecule has 0 radical (unpaired) electrons. The number of ether oxygens (including phenoxy) is 1. The first-order chi connectivity index (χ1) is 10.1. The van der Waals surface area contributed by atoms with E-state index in [1.807, 2.05) is 6.07 Å². The van der Waals surface area contributed by atoms with Crippen molar-refractivity contribution in [1.29, 1.82) is 0 Å². The molecule has 1 saturated heterocycles. The number of rotatable bonds is 8. The highest BCUT2D eigenvalue weighted by Gasteiger charge is 2.19. The van der Waals surface area contributed by atoms with E-state index in [1.165, 1.54) is 18.4 Å². The third-order valence-corrected chi connectivity index (χ3v) is 4.36. The molecule has 0 amide bonds. The van der Waals surface area contributed by atoms with E-state index in [4.69, 9.17) is 16.3 Å². The molecule has 1 heterocycles. The van der Waals surface area contributed by atoms with E-state index in [1.54, 1.807) is 0 Å². The lowest BCUT2D eigenvalue weighted by Gasteiger charge is -2.21. The van der Waals surface area contributed by atoms with Gasteiger partial charge in [-0.2, -0.15) is 0 Å². The number of nitrogens with one attached hydrogen (secondary N) is 1. The number of halogens is 1. The van der Waals surface area contributed by atoms with Crippen LogP contribution in [0.2, 0.25) is 5.02 Å². The molecule has 2 atom stereocenters. The maximum atomic E-state index is 6.16. The molecular formula is C18H28ClNO. The summed E-state index contributed by atoms with van der Waals surface area (Å²) in [5, 5.41) is 4.43. The summed E-state index contributed by atoms with van der Waals surface area (Å²) < 4.78 is 5.76. The van der Waals surface area contributed by atoms with Crippen molar-refractivity contribution in [3.05, 3.63) is 34.9 Å². The van der Waals surface area contributed by atoms with Crippen molar-refractivity contribution in [2.45, 2.75) is 51.6 Å². The van der Waals surface area contributed by atoms with Crippen LogP contribution in [-0.4, -0.2) is 25.8 Å². The maximum Gasteiger partial charge on any atom is 0.0576 e. The molecule has 2 rings (SSSR count). The molecule has 3 heteroatoms. The van der Waals surface area contributed by atoms with Crippen LogP contribution < -0.4 is 5.32 Å². The van der Waals surface area contributed by atoms with Gasteiger partial charge < -0.3 is 10.1 Å². The summed E-state index contributed by atoms with van der Waals surface area (Å²) in [6.07, 6.45) is 5.23. The monoisotopic (exact) mass is 309 g/mol. The van der Waals surface area contributed by atoms with E-state index in [0.717, 1.165) is 37.6 Å². The van der Waals surface area contributed by atoms with E-state index in [9.17, 15) is 0 Å². The van der Waals surface area contributed by atoms with Crippen LogP contribution in [0.5, 0.6) is 0 Å². The molecule has 0 spiro atoms. The van der Waals surface area contributed by atoms with Gasteiger partial charge in [0.25, 0.3) is 0 Å². The van der Waals surface area contributed by atoms with E-state index in [2.05, 4.69) is 37.4 Å². The Balaban J connectivity index is 1.91. The maximum absolute atomic E-state index is 6.16. The average molecular weight is 310 g/mol. The first-order valence-corrected chi connectivity index (χ1v) is 8.60. The standard InChI is InChI=1S/C18H28ClNO/c1-14(2)12-20-13-16(8-9-18-7-4-10-21-18)15-5-3-6-17(19)11-15/h3,5-6,11,14,16,18,20H,4,7-10,12-13H2,1-2H3. The van der Waals surface area contributed by atoms with Gasteiger partial charge in [0.15, 0.2) is 0 Å². The van der Waals surface area contributed by atoms with Gasteiger partial charge in [-0.25, -0.2) is 0 Å². The van der Waals surface area contributed by atoms with Crippen molar-refractivity contribution in [3.8, 4) is 0 Å². The zero-order chi connectivity index (χ0) is 15.1. The Morgan fingerprint density at radius 2 is 2.19 bits per heavy atom. The molecule has 1 aromatic rings. The van der Waals surface area contributed by atoms with Crippen molar-refractivity contribution in [1.82, 2.24) is 5.32 Å². The number of benzene rings is 1. The third-order valence-electron chi connectivity index (χ3n) is 4.12. The van der Waals surface area contributed by atoms with Crippen LogP contribution in [0.3, 0.4) is 0 Å². The minimum atomic E-state index is 0.469. The van der Waals surface area contributed by atoms with Gasteiger partial charge in [-0.3, -0.25) is 0 Å². The van der Waals surface area contributed by atoms with Gasteiger partial charge in [-0.15, -0.1) is 0 Å². The van der Waals surface area contributed by atoms with Crippen LogP contribution in [-0.2, 0) is 4.74 Å². The van der Waals surface area contributed by atoms with Gasteiger partial charge in [-0.05, 0) is 61.8 Å². The summed E-state index contributed by atoms with van der Waals surface area (Å²) >= 11 is 6.16. The Hall–Kier alpha value is -0.570. The Kier molecular flexibility index (Phi) is 7.01. The van der Waals surface area contributed by atoms with Gasteiger partial charge in [-0.1, -0.05) is 37.6 Å². The smallest absolute Gasteiger partial charge is 0.0576 e. The molecule has 1 N–H and O–H groups in total. The molecule has 0 aliphatic carbocycles. The molecular weight excluding hydrogens is 282 g/mol. The molecule has 1 fully saturated rings. The highest BCUT2D eigenvalue weighted by molar-refractivity contribution is 6.30. The van der Waals surface area contributed by atoms with Crippen molar-refractivity contribution in [2.24, 2.45) is 5.92 Å². The molecule has 1 aliphatic heterocycles. The lowest BCUT2D eigenvalue weighted by Crippen LogP contribution is -2.26. The Labute approximate surface area is 134 Å². The zero-order valence-corrected chi connectivity index (χ0v) is 14.0. The van der Waals surface area contributed by atoms with Crippen LogP contribution >= 0.6 is 11.6 Å². The Morgan fingerprint density at radius 3 is 2.86 bits per heavy atom. The number of hydrogen-bond acceptors (Lipinski definition) is 2. The lowest BCUT2D eigenvalue weighted by atomic mass is 9.92. The Bertz CT molecular complexity index is 415. The van der Waals surface area contributed by atoms with Crippen LogP contribution in [0.15, 0.2) is 24.3 Å². The minimum Gasteiger partial charge on any atom is -0.378 e. The van der Waals surface area contributed by atoms with Gasteiger partial charge >= 0.3 is 0 Å². The van der Waals surface area contributed by atoms with Crippen LogP contribution in [0.1, 0.15) is 51.0 Å². The quantitative estimate of drug-likeness (QED) is 0.756. The summed E-state index contributed by atoms with van der Waals surface area (Å²) in [4.78, 5) is 0. The minimum absolute atomic E-state index is 0.469. The van der Waals surface area contributed by atoms with Crippen LogP contribution in [0.25, 0.3) is 0 Å². The summed E-state index contributed by atoms with van der Waals surface area (Å²) in [6.45, 7) is 7.52. The van der Waals surface area contributed by atoms with Gasteiger partial charge in [0.1, 0.15) is 0 Å². The second-order valence-corrected chi connectivity index (χ2v) is 6.95. The van der Waals surface area contributed by atoms with E-state index < -0.39 is 0 Å². The zero-order valence-electron chi connectivity index (χ0n) is 13.3. The van der Waals surface area contributed by atoms with Crippen LogP contribution in [0.4, 0.5) is 0 Å². The largest absolute Gasteiger partial charge is 0.378 e. The van der Waals surface area contributed by atoms with Crippen molar-refractivity contribution in [2.75, 3.05) is 19.7 Å². The molecule has 1 aromatic carbocycles. The second-order valence-electron chi connectivity index (χ2n) is 6.52. The first-order valence-electron chi connectivity index (χ1n) is 8.23. The molecule has 2 unspecified atom stereocenters. The van der Waals surface area contributed by atoms with Gasteiger partial charge in [0.05, 0.1) is 6.10 Å². The molecule has 0 saturated carbocycles. The van der Waals surface area contributed by atoms with Crippen molar-refractivity contribution < 1.29 is 4.74 Å². The summed E-state index contributed by atoms with van der Waals surface area (Å²) in [5.74, 6) is 1.20. The van der Waals surface area contributed by atoms with Crippen molar-refractivity contribution >= 4 is 11.6 Å². The van der Waals surface area contributed by atoms with E-state index in [0.29, 0.717) is 17.9 Å². The first kappa shape index (κ1) is 16.8. The molecule has 1 aliphatic rings. The second kappa shape index (κ2) is 8.77. The highest BCUT2D eigenvalue weighted by atomic mass is 35.5. The molecule has 0 aromatic heterocycles. The Morgan fingerprint density at radius 1 is 1.33 bits per heavy atom. The average Bonchev–Trinajstić information content (AvgIpc) is 2.95. The SMILES string of the molecule is CC(C)CNCC(CCC1CCCO1)c1cccc(Cl)c1. The summed E-state index contributed by atoms with van der Waals surface area (Å²) in [7, 11) is 0. The fraction of sp³-hybridized carbons (Fsp3) is 0.667. The highest BCUT2D eigenvalue weighted by Crippen LogP contribution is 2.27. The topological polar surface area (TPSA) is 21.3 Å². The fourth-order valence-electron chi connectivity index (χ4n) is 2.95. The summed E-state index contributed by atoms with van der Waals surface area (Å²) in [6, 6.07) is 8.31. The molecule has 0 bridgehead atoms. The molecule has 21 heavy (non-hydrogen) atoms. The van der Waals surface area contributed by atoms with Gasteiger partial charge in [0.2, 0.25) is 0 Å². The molecule has 118 valence electrons. The predicted molar refractivity (Wildman–Crippen MR) is 90.1 cm³/mol. The lowest BCUT2D eigenvalue weighted by molar-refractivity contribution is 0.100. The summed E-state index contributed by atoms with van der Waals surface area (Å²) in [5.41, 5.74) is 1.34. The van der Waals surface area contributed by atoms with E-state index >= 15 is 0 Å². The fourth-order valence-corrected chi connectivity index (χ4v) is 3.15. The molecule has 2 nitrogen and oxygen atoms in total. The third kappa shape index (κ3) is 5.98. The predicted octanol–water partition coefficient (Wildman–Crippen LogP) is 4.63. The number of hydrogen-bond donors (Lipinski definition) is 1.